The zero-order valence-corrected chi connectivity index (χ0v) is 11.4. The molecule has 4 heteroatoms. The number of anilines is 1. The van der Waals surface area contributed by atoms with E-state index in [2.05, 4.69) is 22.2 Å². The van der Waals surface area contributed by atoms with Crippen LogP contribution in [0.3, 0.4) is 0 Å². The van der Waals surface area contributed by atoms with Crippen molar-refractivity contribution >= 4 is 5.82 Å². The fourth-order valence-electron chi connectivity index (χ4n) is 1.83. The lowest BCUT2D eigenvalue weighted by Crippen LogP contribution is -2.04. The van der Waals surface area contributed by atoms with Crippen molar-refractivity contribution in [3.05, 3.63) is 36.7 Å². The first kappa shape index (κ1) is 13.3. The Morgan fingerprint density at radius 1 is 1.11 bits per heavy atom. The van der Waals surface area contributed by atoms with Gasteiger partial charge in [0, 0.05) is 24.5 Å². The van der Waals surface area contributed by atoms with Gasteiger partial charge in [-0.05, 0) is 25.5 Å². The van der Waals surface area contributed by atoms with E-state index in [0.717, 1.165) is 35.8 Å². The van der Waals surface area contributed by atoms with E-state index >= 15 is 0 Å². The number of benzene rings is 1. The van der Waals surface area contributed by atoms with Crippen molar-refractivity contribution in [2.75, 3.05) is 18.5 Å². The Labute approximate surface area is 113 Å². The summed E-state index contributed by atoms with van der Waals surface area (Å²) in [6, 6.07) is 7.93. The Morgan fingerprint density at radius 3 is 2.68 bits per heavy atom. The van der Waals surface area contributed by atoms with Gasteiger partial charge in [-0.25, -0.2) is 4.98 Å². The van der Waals surface area contributed by atoms with Crippen LogP contribution in [0.5, 0.6) is 5.75 Å². The zero-order valence-electron chi connectivity index (χ0n) is 11.4. The molecule has 0 saturated carbocycles. The predicted octanol–water partition coefficient (Wildman–Crippen LogP) is 3.36. The number of nitrogens with zero attached hydrogens (tertiary/aromatic N) is 2. The van der Waals surface area contributed by atoms with Crippen LogP contribution in [-0.4, -0.2) is 23.1 Å². The van der Waals surface area contributed by atoms with E-state index in [0.29, 0.717) is 6.61 Å². The van der Waals surface area contributed by atoms with Gasteiger partial charge >= 0.3 is 0 Å². The van der Waals surface area contributed by atoms with Gasteiger partial charge in [0.05, 0.1) is 6.61 Å². The first-order valence-corrected chi connectivity index (χ1v) is 6.63. The van der Waals surface area contributed by atoms with E-state index in [1.165, 1.54) is 0 Å². The Morgan fingerprint density at radius 2 is 1.89 bits per heavy atom. The number of hydrogen-bond acceptors (Lipinski definition) is 4. The third-order valence-corrected chi connectivity index (χ3v) is 2.65. The zero-order chi connectivity index (χ0) is 13.5. The van der Waals surface area contributed by atoms with Gasteiger partial charge < -0.3 is 10.1 Å². The summed E-state index contributed by atoms with van der Waals surface area (Å²) in [6.07, 6.45) is 4.37. The molecule has 0 unspecified atom stereocenters. The maximum Gasteiger partial charge on any atom is 0.152 e. The van der Waals surface area contributed by atoms with E-state index in [1.54, 1.807) is 12.4 Å². The first-order valence-electron chi connectivity index (χ1n) is 6.63. The molecule has 1 aromatic carbocycles. The summed E-state index contributed by atoms with van der Waals surface area (Å²) in [6.45, 7) is 5.64. The summed E-state index contributed by atoms with van der Waals surface area (Å²) in [5.41, 5.74) is 1.80. The van der Waals surface area contributed by atoms with Crippen LogP contribution in [0.2, 0.25) is 0 Å². The summed E-state index contributed by atoms with van der Waals surface area (Å²) in [5, 5.41) is 3.23. The molecule has 0 atom stereocenters. The van der Waals surface area contributed by atoms with Crippen molar-refractivity contribution in [3.63, 3.8) is 0 Å². The number of hydrogen-bond donors (Lipinski definition) is 1. The normalized spacial score (nSPS) is 10.2. The van der Waals surface area contributed by atoms with Gasteiger partial charge in [-0.1, -0.05) is 19.1 Å². The Balaban J connectivity index is 2.40. The molecule has 0 aliphatic rings. The topological polar surface area (TPSA) is 47.0 Å². The Bertz CT molecular complexity index is 528. The SMILES string of the molecule is CCCOc1ccccc1-c1nccnc1NCC. The largest absolute Gasteiger partial charge is 0.493 e. The van der Waals surface area contributed by atoms with E-state index in [-0.39, 0.29) is 0 Å². The van der Waals surface area contributed by atoms with E-state index in [9.17, 15) is 0 Å². The minimum atomic E-state index is 0.702. The number of rotatable bonds is 6. The second kappa shape index (κ2) is 6.73. The molecular formula is C15H19N3O. The second-order valence-electron chi connectivity index (χ2n) is 4.13. The highest BCUT2D eigenvalue weighted by atomic mass is 16.5. The molecular weight excluding hydrogens is 238 g/mol. The van der Waals surface area contributed by atoms with Gasteiger partial charge in [-0.2, -0.15) is 0 Å². The van der Waals surface area contributed by atoms with E-state index in [4.69, 9.17) is 4.74 Å². The molecule has 0 spiro atoms. The molecule has 0 fully saturated rings. The molecule has 2 rings (SSSR count). The number of ether oxygens (including phenoxy) is 1. The fraction of sp³-hybridized carbons (Fsp3) is 0.333. The summed E-state index contributed by atoms with van der Waals surface area (Å²) in [4.78, 5) is 8.77. The lowest BCUT2D eigenvalue weighted by Gasteiger charge is -2.13. The van der Waals surface area contributed by atoms with Crippen LogP contribution in [0, 0.1) is 0 Å². The van der Waals surface area contributed by atoms with Crippen LogP contribution in [0.15, 0.2) is 36.7 Å². The lowest BCUT2D eigenvalue weighted by molar-refractivity contribution is 0.318. The van der Waals surface area contributed by atoms with Crippen LogP contribution >= 0.6 is 0 Å². The molecule has 0 radical (unpaired) electrons. The molecule has 19 heavy (non-hydrogen) atoms. The average molecular weight is 257 g/mol. The van der Waals surface area contributed by atoms with E-state index in [1.807, 2.05) is 31.2 Å². The monoisotopic (exact) mass is 257 g/mol. The Hall–Kier alpha value is -2.10. The third kappa shape index (κ3) is 3.22. The lowest BCUT2D eigenvalue weighted by atomic mass is 10.1. The smallest absolute Gasteiger partial charge is 0.152 e. The molecule has 1 aromatic heterocycles. The standard InChI is InChI=1S/C15H19N3O/c1-3-11-19-13-8-6-5-7-12(13)14-15(16-4-2)18-10-9-17-14/h5-10H,3-4,11H2,1-2H3,(H,16,18). The first-order chi connectivity index (χ1) is 9.36. The number of nitrogens with one attached hydrogen (secondary N) is 1. The van der Waals surface area contributed by atoms with Gasteiger partial charge in [0.15, 0.2) is 5.82 Å². The predicted molar refractivity (Wildman–Crippen MR) is 77.4 cm³/mol. The van der Waals surface area contributed by atoms with Gasteiger partial charge in [-0.3, -0.25) is 4.98 Å². The van der Waals surface area contributed by atoms with Gasteiger partial charge in [-0.15, -0.1) is 0 Å². The van der Waals surface area contributed by atoms with Crippen molar-refractivity contribution in [2.24, 2.45) is 0 Å². The molecule has 0 aliphatic carbocycles. The fourth-order valence-corrected chi connectivity index (χ4v) is 1.83. The number of para-hydroxylation sites is 1. The summed E-state index contributed by atoms with van der Waals surface area (Å²) in [7, 11) is 0. The van der Waals surface area contributed by atoms with Crippen molar-refractivity contribution < 1.29 is 4.74 Å². The highest BCUT2D eigenvalue weighted by molar-refractivity contribution is 5.76. The molecule has 4 nitrogen and oxygen atoms in total. The maximum absolute atomic E-state index is 5.78. The highest BCUT2D eigenvalue weighted by Gasteiger charge is 2.11. The number of aromatic nitrogens is 2. The van der Waals surface area contributed by atoms with Gasteiger partial charge in [0.2, 0.25) is 0 Å². The molecule has 0 amide bonds. The molecule has 0 saturated heterocycles. The molecule has 1 N–H and O–H groups in total. The van der Waals surface area contributed by atoms with Crippen LogP contribution < -0.4 is 10.1 Å². The Kier molecular flexibility index (Phi) is 4.72. The van der Waals surface area contributed by atoms with Crippen molar-refractivity contribution in [1.82, 2.24) is 9.97 Å². The molecule has 0 bridgehead atoms. The maximum atomic E-state index is 5.78. The quantitative estimate of drug-likeness (QED) is 0.862. The second-order valence-corrected chi connectivity index (χ2v) is 4.13. The summed E-state index contributed by atoms with van der Waals surface area (Å²) in [5.74, 6) is 1.64. The van der Waals surface area contributed by atoms with Crippen LogP contribution in [-0.2, 0) is 0 Å². The highest BCUT2D eigenvalue weighted by Crippen LogP contribution is 2.32. The van der Waals surface area contributed by atoms with Crippen molar-refractivity contribution in [2.45, 2.75) is 20.3 Å². The minimum absolute atomic E-state index is 0.702. The van der Waals surface area contributed by atoms with Crippen molar-refractivity contribution in [3.8, 4) is 17.0 Å². The average Bonchev–Trinajstić information content (AvgIpc) is 2.46. The van der Waals surface area contributed by atoms with Gasteiger partial charge in [0.1, 0.15) is 11.4 Å². The molecule has 2 aromatic rings. The summed E-state index contributed by atoms with van der Waals surface area (Å²) < 4.78 is 5.78. The minimum Gasteiger partial charge on any atom is -0.493 e. The van der Waals surface area contributed by atoms with Crippen molar-refractivity contribution in [1.29, 1.82) is 0 Å². The molecule has 1 heterocycles. The van der Waals surface area contributed by atoms with Crippen LogP contribution in [0.4, 0.5) is 5.82 Å². The molecule has 0 aliphatic heterocycles. The van der Waals surface area contributed by atoms with Gasteiger partial charge in [0.25, 0.3) is 0 Å². The molecule has 100 valence electrons. The van der Waals surface area contributed by atoms with Crippen LogP contribution in [0.1, 0.15) is 20.3 Å². The third-order valence-electron chi connectivity index (χ3n) is 2.65. The van der Waals surface area contributed by atoms with E-state index < -0.39 is 0 Å². The summed E-state index contributed by atoms with van der Waals surface area (Å²) >= 11 is 0. The van der Waals surface area contributed by atoms with Crippen LogP contribution in [0.25, 0.3) is 11.3 Å².